The Labute approximate surface area is 135 Å². The molecule has 0 heterocycles. The van der Waals surface area contributed by atoms with Crippen molar-refractivity contribution in [2.24, 2.45) is 11.7 Å². The zero-order chi connectivity index (χ0) is 17.0. The van der Waals surface area contributed by atoms with Gasteiger partial charge in [0.05, 0.1) is 6.61 Å². The Hall–Kier alpha value is -0.690. The molecule has 0 aliphatic rings. The maximum Gasteiger partial charge on any atom is 0.222 e. The minimum absolute atomic E-state index is 0.0126. The summed E-state index contributed by atoms with van der Waals surface area (Å²) in [6.07, 6.45) is 1.48. The van der Waals surface area contributed by atoms with Crippen molar-refractivity contribution in [1.29, 1.82) is 0 Å². The van der Waals surface area contributed by atoms with Crippen LogP contribution in [0.2, 0.25) is 0 Å². The number of hydrogen-bond donors (Lipinski definition) is 4. The maximum absolute atomic E-state index is 12.0. The molecule has 0 atom stereocenters. The van der Waals surface area contributed by atoms with Gasteiger partial charge in [0, 0.05) is 44.7 Å². The Morgan fingerprint density at radius 2 is 1.91 bits per heavy atom. The third kappa shape index (κ3) is 11.0. The largest absolute Gasteiger partial charge is 0.395 e. The Morgan fingerprint density at radius 1 is 1.23 bits per heavy atom. The lowest BCUT2D eigenvalue weighted by Gasteiger charge is -2.26. The Balaban J connectivity index is 3.87. The molecule has 5 N–H and O–H groups in total. The van der Waals surface area contributed by atoms with E-state index in [0.29, 0.717) is 32.0 Å². The fourth-order valence-electron chi connectivity index (χ4n) is 2.24. The van der Waals surface area contributed by atoms with Crippen LogP contribution in [0, 0.1) is 5.92 Å². The molecule has 0 aromatic heterocycles. The van der Waals surface area contributed by atoms with Crippen molar-refractivity contribution in [2.45, 2.75) is 46.1 Å². The topological polar surface area (TPSA) is 90.6 Å². The number of carbonyl (C=O) groups is 1. The van der Waals surface area contributed by atoms with Crippen molar-refractivity contribution in [3.05, 3.63) is 0 Å². The molecule has 0 aliphatic carbocycles. The predicted octanol–water partition coefficient (Wildman–Crippen LogP) is 0.160. The molecule has 132 valence electrons. The van der Waals surface area contributed by atoms with E-state index >= 15 is 0 Å². The van der Waals surface area contributed by atoms with E-state index in [9.17, 15) is 4.79 Å². The zero-order valence-corrected chi connectivity index (χ0v) is 14.8. The van der Waals surface area contributed by atoms with Crippen molar-refractivity contribution in [1.82, 2.24) is 15.5 Å². The Bertz CT molecular complexity index is 296. The van der Waals surface area contributed by atoms with E-state index in [0.717, 1.165) is 26.1 Å². The van der Waals surface area contributed by atoms with Crippen LogP contribution in [-0.4, -0.2) is 67.3 Å². The second-order valence-electron chi connectivity index (χ2n) is 6.80. The van der Waals surface area contributed by atoms with Gasteiger partial charge in [-0.05, 0) is 32.7 Å². The highest BCUT2D eigenvalue weighted by Gasteiger charge is 2.15. The average molecular weight is 316 g/mol. The summed E-state index contributed by atoms with van der Waals surface area (Å²) in [6, 6.07) is 0. The molecule has 0 aromatic carbocycles. The fourth-order valence-corrected chi connectivity index (χ4v) is 2.24. The first-order valence-corrected chi connectivity index (χ1v) is 8.37. The number of nitrogens with two attached hydrogens (primary N) is 1. The summed E-state index contributed by atoms with van der Waals surface area (Å²) in [5.41, 5.74) is 5.64. The number of carbonyl (C=O) groups excluding carboxylic acids is 1. The van der Waals surface area contributed by atoms with Crippen LogP contribution in [0.5, 0.6) is 0 Å². The second-order valence-corrected chi connectivity index (χ2v) is 6.80. The molecule has 6 heteroatoms. The van der Waals surface area contributed by atoms with Crippen molar-refractivity contribution in [3.8, 4) is 0 Å². The molecule has 0 saturated carbocycles. The van der Waals surface area contributed by atoms with E-state index in [-0.39, 0.29) is 18.1 Å². The van der Waals surface area contributed by atoms with Crippen LogP contribution in [-0.2, 0) is 4.79 Å². The second kappa shape index (κ2) is 11.8. The molecule has 0 saturated heterocycles. The molecule has 0 unspecified atom stereocenters. The number of rotatable bonds is 13. The summed E-state index contributed by atoms with van der Waals surface area (Å²) in [4.78, 5) is 13.8. The van der Waals surface area contributed by atoms with Gasteiger partial charge in [-0.2, -0.15) is 0 Å². The molecule has 0 radical (unpaired) electrons. The van der Waals surface area contributed by atoms with Crippen LogP contribution in [0.4, 0.5) is 0 Å². The van der Waals surface area contributed by atoms with Gasteiger partial charge in [0.15, 0.2) is 0 Å². The van der Waals surface area contributed by atoms with Crippen LogP contribution >= 0.6 is 0 Å². The quantitative estimate of drug-likeness (QED) is 0.363. The highest BCUT2D eigenvalue weighted by atomic mass is 16.3. The minimum Gasteiger partial charge on any atom is -0.395 e. The van der Waals surface area contributed by atoms with Crippen LogP contribution in [0.15, 0.2) is 0 Å². The van der Waals surface area contributed by atoms with Crippen molar-refractivity contribution in [2.75, 3.05) is 45.9 Å². The van der Waals surface area contributed by atoms with Crippen molar-refractivity contribution < 1.29 is 9.90 Å². The first-order chi connectivity index (χ1) is 10.3. The predicted molar refractivity (Wildman–Crippen MR) is 91.7 cm³/mol. The molecule has 22 heavy (non-hydrogen) atoms. The highest BCUT2D eigenvalue weighted by molar-refractivity contribution is 5.76. The molecule has 0 rings (SSSR count). The van der Waals surface area contributed by atoms with Gasteiger partial charge in [0.25, 0.3) is 0 Å². The van der Waals surface area contributed by atoms with Crippen LogP contribution in [0.3, 0.4) is 0 Å². The van der Waals surface area contributed by atoms with E-state index < -0.39 is 0 Å². The van der Waals surface area contributed by atoms with Gasteiger partial charge < -0.3 is 26.4 Å². The molecule has 1 amide bonds. The van der Waals surface area contributed by atoms with Crippen molar-refractivity contribution in [3.63, 3.8) is 0 Å². The van der Waals surface area contributed by atoms with Crippen LogP contribution in [0.25, 0.3) is 0 Å². The first kappa shape index (κ1) is 21.3. The minimum atomic E-state index is 0.0126. The molecule has 0 fully saturated rings. The molecular weight excluding hydrogens is 280 g/mol. The van der Waals surface area contributed by atoms with Gasteiger partial charge in [-0.1, -0.05) is 13.8 Å². The molecule has 0 aliphatic heterocycles. The standard InChI is InChI=1S/C16H36N4O2/c1-14(2)13-15(22)20(11-12-21)10-9-18-7-8-19-16(3,4)5-6-17/h14,18-19,21H,5-13,17H2,1-4H3. The smallest absolute Gasteiger partial charge is 0.222 e. The molecule has 0 bridgehead atoms. The fraction of sp³-hybridized carbons (Fsp3) is 0.938. The molecular formula is C16H36N4O2. The van der Waals surface area contributed by atoms with E-state index in [1.54, 1.807) is 4.90 Å². The van der Waals surface area contributed by atoms with E-state index in [4.69, 9.17) is 10.8 Å². The van der Waals surface area contributed by atoms with E-state index in [2.05, 4.69) is 24.5 Å². The summed E-state index contributed by atoms with van der Waals surface area (Å²) >= 11 is 0. The maximum atomic E-state index is 12.0. The summed E-state index contributed by atoms with van der Waals surface area (Å²) in [5.74, 6) is 0.462. The lowest BCUT2D eigenvalue weighted by molar-refractivity contribution is -0.132. The number of aliphatic hydroxyl groups excluding tert-OH is 1. The van der Waals surface area contributed by atoms with Gasteiger partial charge >= 0.3 is 0 Å². The summed E-state index contributed by atoms with van der Waals surface area (Å²) in [7, 11) is 0. The summed E-state index contributed by atoms with van der Waals surface area (Å²) < 4.78 is 0. The molecule has 0 spiro atoms. The Kier molecular flexibility index (Phi) is 11.5. The van der Waals surface area contributed by atoms with E-state index in [1.165, 1.54) is 0 Å². The normalized spacial score (nSPS) is 12.0. The third-order valence-corrected chi connectivity index (χ3v) is 3.54. The number of nitrogens with zero attached hydrogens (tertiary/aromatic N) is 1. The monoisotopic (exact) mass is 316 g/mol. The Morgan fingerprint density at radius 3 is 2.45 bits per heavy atom. The van der Waals surface area contributed by atoms with Crippen LogP contribution < -0.4 is 16.4 Å². The van der Waals surface area contributed by atoms with Gasteiger partial charge in [-0.3, -0.25) is 4.79 Å². The average Bonchev–Trinajstić information content (AvgIpc) is 2.40. The number of hydrogen-bond acceptors (Lipinski definition) is 5. The van der Waals surface area contributed by atoms with E-state index in [1.807, 2.05) is 13.8 Å². The summed E-state index contributed by atoms with van der Waals surface area (Å²) in [5, 5.41) is 15.9. The SMILES string of the molecule is CC(C)CC(=O)N(CCO)CCNCCNC(C)(C)CCN. The number of nitrogens with one attached hydrogen (secondary N) is 2. The first-order valence-electron chi connectivity index (χ1n) is 8.37. The van der Waals surface area contributed by atoms with Gasteiger partial charge in [-0.25, -0.2) is 0 Å². The number of amides is 1. The molecule has 0 aromatic rings. The van der Waals surface area contributed by atoms with Gasteiger partial charge in [0.1, 0.15) is 0 Å². The summed E-state index contributed by atoms with van der Waals surface area (Å²) in [6.45, 7) is 12.5. The lowest BCUT2D eigenvalue weighted by atomic mass is 10.0. The zero-order valence-electron chi connectivity index (χ0n) is 14.8. The van der Waals surface area contributed by atoms with Gasteiger partial charge in [0.2, 0.25) is 5.91 Å². The van der Waals surface area contributed by atoms with Crippen LogP contribution in [0.1, 0.15) is 40.5 Å². The number of aliphatic hydroxyl groups is 1. The highest BCUT2D eigenvalue weighted by Crippen LogP contribution is 2.05. The third-order valence-electron chi connectivity index (χ3n) is 3.54. The van der Waals surface area contributed by atoms with Gasteiger partial charge in [-0.15, -0.1) is 0 Å². The van der Waals surface area contributed by atoms with Crippen molar-refractivity contribution >= 4 is 5.91 Å². The molecule has 6 nitrogen and oxygen atoms in total. The lowest BCUT2D eigenvalue weighted by Crippen LogP contribution is -2.45.